The highest BCUT2D eigenvalue weighted by molar-refractivity contribution is 6.74. The van der Waals surface area contributed by atoms with Crippen molar-refractivity contribution >= 4 is 8.32 Å². The summed E-state index contributed by atoms with van der Waals surface area (Å²) in [6, 6.07) is 0. The van der Waals surface area contributed by atoms with Gasteiger partial charge in [-0.25, -0.2) is 0 Å². The highest BCUT2D eigenvalue weighted by Crippen LogP contribution is 2.37. The van der Waals surface area contributed by atoms with Crippen LogP contribution in [0.2, 0.25) is 18.1 Å². The molecule has 1 rings (SSSR count). The van der Waals surface area contributed by atoms with Gasteiger partial charge in [-0.2, -0.15) is 0 Å². The molecule has 2 N–H and O–H groups in total. The predicted octanol–water partition coefficient (Wildman–Crippen LogP) is 2.49. The molecule has 108 valence electrons. The van der Waals surface area contributed by atoms with Gasteiger partial charge in [0.2, 0.25) is 0 Å². The second-order valence-electron chi connectivity index (χ2n) is 7.02. The lowest BCUT2D eigenvalue weighted by Crippen LogP contribution is -2.44. The zero-order chi connectivity index (χ0) is 14.2. The van der Waals surface area contributed by atoms with Gasteiger partial charge in [-0.1, -0.05) is 20.8 Å². The van der Waals surface area contributed by atoms with E-state index in [1.54, 1.807) is 0 Å². The van der Waals surface area contributed by atoms with Crippen molar-refractivity contribution in [1.82, 2.24) is 0 Å². The fraction of sp³-hybridized carbons (Fsp3) is 1.00. The van der Waals surface area contributed by atoms with Crippen molar-refractivity contribution in [3.63, 3.8) is 0 Å². The van der Waals surface area contributed by atoms with Gasteiger partial charge in [-0.3, -0.25) is 0 Å². The fourth-order valence-corrected chi connectivity index (χ4v) is 2.77. The molecule has 2 atom stereocenters. The molecule has 1 fully saturated rings. The van der Waals surface area contributed by atoms with Gasteiger partial charge < -0.3 is 19.6 Å². The van der Waals surface area contributed by atoms with Crippen LogP contribution in [0.5, 0.6) is 0 Å². The molecule has 0 aromatic carbocycles. The molecule has 0 bridgehead atoms. The molecular formula is C13H29NO3Si. The molecule has 0 aromatic heterocycles. The molecule has 1 aliphatic rings. The van der Waals surface area contributed by atoms with Gasteiger partial charge in [0.1, 0.15) is 12.2 Å². The van der Waals surface area contributed by atoms with E-state index < -0.39 is 14.1 Å². The lowest BCUT2D eigenvalue weighted by Gasteiger charge is -2.37. The van der Waals surface area contributed by atoms with Gasteiger partial charge >= 0.3 is 0 Å². The second kappa shape index (κ2) is 5.21. The molecular weight excluding hydrogens is 246 g/mol. The van der Waals surface area contributed by atoms with Crippen LogP contribution in [-0.4, -0.2) is 39.5 Å². The molecule has 18 heavy (non-hydrogen) atoms. The summed E-state index contributed by atoms with van der Waals surface area (Å²) < 4.78 is 17.8. The van der Waals surface area contributed by atoms with Crippen molar-refractivity contribution in [2.24, 2.45) is 5.73 Å². The SMILES string of the molecule is CC1(C)O[C@@H](CN)[C@@H](CO[Si](C)(C)C(C)(C)C)O1. The minimum atomic E-state index is -1.74. The Balaban J connectivity index is 2.58. The number of nitrogens with two attached hydrogens (primary N) is 1. The monoisotopic (exact) mass is 275 g/mol. The molecule has 0 amide bonds. The maximum Gasteiger partial charge on any atom is 0.192 e. The standard InChI is InChI=1S/C13H29NO3Si/c1-12(2,3)18(6,7)15-9-11-10(8-14)16-13(4,5)17-11/h10-11H,8-9,14H2,1-7H3/t10-,11+/m0/s1. The van der Waals surface area contributed by atoms with E-state index in [1.807, 2.05) is 13.8 Å². The summed E-state index contributed by atoms with van der Waals surface area (Å²) in [7, 11) is -1.74. The van der Waals surface area contributed by atoms with Crippen LogP contribution in [0.3, 0.4) is 0 Å². The van der Waals surface area contributed by atoms with Crippen molar-refractivity contribution in [2.75, 3.05) is 13.2 Å². The van der Waals surface area contributed by atoms with E-state index in [0.29, 0.717) is 13.2 Å². The van der Waals surface area contributed by atoms with Crippen LogP contribution >= 0.6 is 0 Å². The number of rotatable bonds is 4. The van der Waals surface area contributed by atoms with E-state index in [1.165, 1.54) is 0 Å². The summed E-state index contributed by atoms with van der Waals surface area (Å²) in [5.74, 6) is -0.550. The van der Waals surface area contributed by atoms with Crippen LogP contribution in [-0.2, 0) is 13.9 Å². The van der Waals surface area contributed by atoms with E-state index >= 15 is 0 Å². The molecule has 0 aliphatic carbocycles. The van der Waals surface area contributed by atoms with Crippen LogP contribution in [0.15, 0.2) is 0 Å². The average Bonchev–Trinajstić information content (AvgIpc) is 2.48. The third-order valence-electron chi connectivity index (χ3n) is 3.93. The fourth-order valence-electron chi connectivity index (χ4n) is 1.76. The Morgan fingerprint density at radius 3 is 2.11 bits per heavy atom. The van der Waals surface area contributed by atoms with Gasteiger partial charge in [0.25, 0.3) is 0 Å². The molecule has 1 saturated heterocycles. The van der Waals surface area contributed by atoms with Gasteiger partial charge in [0.05, 0.1) is 6.61 Å². The first-order chi connectivity index (χ1) is 7.98. The summed E-state index contributed by atoms with van der Waals surface area (Å²) >= 11 is 0. The number of ether oxygens (including phenoxy) is 2. The van der Waals surface area contributed by atoms with E-state index in [2.05, 4.69) is 33.9 Å². The normalized spacial score (nSPS) is 28.7. The minimum Gasteiger partial charge on any atom is -0.414 e. The zero-order valence-corrected chi connectivity index (χ0v) is 13.9. The lowest BCUT2D eigenvalue weighted by atomic mass is 10.2. The Morgan fingerprint density at radius 2 is 1.67 bits per heavy atom. The summed E-state index contributed by atoms with van der Waals surface area (Å²) in [4.78, 5) is 0. The largest absolute Gasteiger partial charge is 0.414 e. The van der Waals surface area contributed by atoms with Crippen LogP contribution in [0.4, 0.5) is 0 Å². The minimum absolute atomic E-state index is 0.0564. The van der Waals surface area contributed by atoms with E-state index in [4.69, 9.17) is 19.6 Å². The smallest absolute Gasteiger partial charge is 0.192 e. The van der Waals surface area contributed by atoms with Crippen LogP contribution < -0.4 is 5.73 Å². The topological polar surface area (TPSA) is 53.7 Å². The summed E-state index contributed by atoms with van der Waals surface area (Å²) in [6.45, 7) is 16.1. The van der Waals surface area contributed by atoms with E-state index in [-0.39, 0.29) is 17.2 Å². The van der Waals surface area contributed by atoms with Crippen LogP contribution in [0.25, 0.3) is 0 Å². The Hall–Kier alpha value is 0.0569. The van der Waals surface area contributed by atoms with Gasteiger partial charge in [-0.15, -0.1) is 0 Å². The maximum atomic E-state index is 6.18. The van der Waals surface area contributed by atoms with Crippen LogP contribution in [0.1, 0.15) is 34.6 Å². The molecule has 0 aromatic rings. The molecule has 0 radical (unpaired) electrons. The van der Waals surface area contributed by atoms with E-state index in [0.717, 1.165) is 0 Å². The molecule has 4 nitrogen and oxygen atoms in total. The summed E-state index contributed by atoms with van der Waals surface area (Å²) in [5, 5.41) is 0.209. The Bertz CT molecular complexity index is 286. The van der Waals surface area contributed by atoms with Crippen molar-refractivity contribution < 1.29 is 13.9 Å². The maximum absolute atomic E-state index is 6.18. The number of hydrogen-bond donors (Lipinski definition) is 1. The zero-order valence-electron chi connectivity index (χ0n) is 12.9. The third-order valence-corrected chi connectivity index (χ3v) is 8.43. The molecule has 5 heteroatoms. The van der Waals surface area contributed by atoms with Crippen molar-refractivity contribution in [3.05, 3.63) is 0 Å². The highest BCUT2D eigenvalue weighted by Gasteiger charge is 2.43. The number of hydrogen-bond acceptors (Lipinski definition) is 4. The molecule has 0 spiro atoms. The predicted molar refractivity (Wildman–Crippen MR) is 76.0 cm³/mol. The first-order valence-electron chi connectivity index (χ1n) is 6.68. The third kappa shape index (κ3) is 3.77. The van der Waals surface area contributed by atoms with Gasteiger partial charge in [0.15, 0.2) is 14.1 Å². The Morgan fingerprint density at radius 1 is 1.17 bits per heavy atom. The quantitative estimate of drug-likeness (QED) is 0.801. The molecule has 1 aliphatic heterocycles. The first-order valence-corrected chi connectivity index (χ1v) is 9.59. The van der Waals surface area contributed by atoms with Crippen molar-refractivity contribution in [2.45, 2.75) is 70.7 Å². The Labute approximate surface area is 112 Å². The van der Waals surface area contributed by atoms with Gasteiger partial charge in [-0.05, 0) is 32.0 Å². The second-order valence-corrected chi connectivity index (χ2v) is 11.8. The summed E-state index contributed by atoms with van der Waals surface area (Å²) in [6.07, 6.45) is -0.121. The molecule has 0 unspecified atom stereocenters. The highest BCUT2D eigenvalue weighted by atomic mass is 28.4. The molecule has 0 saturated carbocycles. The average molecular weight is 275 g/mol. The lowest BCUT2D eigenvalue weighted by molar-refractivity contribution is -0.148. The van der Waals surface area contributed by atoms with Gasteiger partial charge in [0, 0.05) is 6.54 Å². The summed E-state index contributed by atoms with van der Waals surface area (Å²) in [5.41, 5.74) is 5.72. The first kappa shape index (κ1) is 16.1. The van der Waals surface area contributed by atoms with E-state index in [9.17, 15) is 0 Å². The molecule has 1 heterocycles. The van der Waals surface area contributed by atoms with Crippen molar-refractivity contribution in [1.29, 1.82) is 0 Å². The van der Waals surface area contributed by atoms with Crippen molar-refractivity contribution in [3.8, 4) is 0 Å². The van der Waals surface area contributed by atoms with Crippen LogP contribution in [0, 0.1) is 0 Å². The Kier molecular flexibility index (Phi) is 4.66.